The molecule has 0 radical (unpaired) electrons. The number of carbonyl (C=O) groups excluding carboxylic acids is 1. The van der Waals surface area contributed by atoms with Crippen molar-refractivity contribution >= 4 is 33.2 Å². The van der Waals surface area contributed by atoms with Crippen molar-refractivity contribution in [3.63, 3.8) is 0 Å². The van der Waals surface area contributed by atoms with E-state index in [0.29, 0.717) is 17.1 Å². The lowest BCUT2D eigenvalue weighted by molar-refractivity contribution is -0.122. The van der Waals surface area contributed by atoms with Crippen LogP contribution in [0.15, 0.2) is 24.3 Å². The topological polar surface area (TPSA) is 66.5 Å². The van der Waals surface area contributed by atoms with Crippen LogP contribution in [0.1, 0.15) is 27.2 Å². The number of hydrogen-bond acceptors (Lipinski definition) is 3. The van der Waals surface area contributed by atoms with Crippen molar-refractivity contribution in [3.8, 4) is 0 Å². The van der Waals surface area contributed by atoms with E-state index in [1.807, 2.05) is 13.8 Å². The van der Waals surface area contributed by atoms with E-state index in [0.717, 1.165) is 10.6 Å². The van der Waals surface area contributed by atoms with Gasteiger partial charge in [0.15, 0.2) is 0 Å². The third-order valence-corrected chi connectivity index (χ3v) is 4.27. The van der Waals surface area contributed by atoms with Crippen LogP contribution in [0.2, 0.25) is 5.02 Å². The normalized spacial score (nSPS) is 13.0. The van der Waals surface area contributed by atoms with Crippen LogP contribution in [0.5, 0.6) is 0 Å². The first-order chi connectivity index (χ1) is 9.66. The molecule has 0 aliphatic heterocycles. The van der Waals surface area contributed by atoms with Gasteiger partial charge in [-0.15, -0.1) is 0 Å². The van der Waals surface area contributed by atoms with Gasteiger partial charge in [0.25, 0.3) is 0 Å². The van der Waals surface area contributed by atoms with E-state index in [9.17, 15) is 13.2 Å². The predicted molar refractivity (Wildman–Crippen MR) is 86.1 cm³/mol. The van der Waals surface area contributed by atoms with Gasteiger partial charge in [-0.05, 0) is 44.5 Å². The van der Waals surface area contributed by atoms with Gasteiger partial charge in [0.1, 0.15) is 6.04 Å². The molecule has 7 heteroatoms. The Balaban J connectivity index is 3.23. The van der Waals surface area contributed by atoms with E-state index in [4.69, 9.17) is 11.6 Å². The Morgan fingerprint density at radius 2 is 1.81 bits per heavy atom. The first-order valence-electron chi connectivity index (χ1n) is 6.72. The molecule has 21 heavy (non-hydrogen) atoms. The second-order valence-electron chi connectivity index (χ2n) is 5.12. The summed E-state index contributed by atoms with van der Waals surface area (Å²) in [6, 6.07) is 5.54. The number of benzene rings is 1. The van der Waals surface area contributed by atoms with E-state index >= 15 is 0 Å². The average molecular weight is 333 g/mol. The summed E-state index contributed by atoms with van der Waals surface area (Å²) in [5.41, 5.74) is 0.424. The first-order valence-corrected chi connectivity index (χ1v) is 8.94. The number of hydrogen-bond donors (Lipinski definition) is 1. The molecule has 0 fully saturated rings. The minimum Gasteiger partial charge on any atom is -0.352 e. The Hall–Kier alpha value is -1.27. The molecule has 0 aliphatic rings. The minimum atomic E-state index is -3.59. The number of sulfonamides is 1. The van der Waals surface area contributed by atoms with Gasteiger partial charge in [0.2, 0.25) is 15.9 Å². The molecule has 0 saturated carbocycles. The van der Waals surface area contributed by atoms with Gasteiger partial charge in [-0.25, -0.2) is 8.42 Å². The van der Waals surface area contributed by atoms with Crippen molar-refractivity contribution in [1.82, 2.24) is 5.32 Å². The van der Waals surface area contributed by atoms with Crippen molar-refractivity contribution in [1.29, 1.82) is 0 Å². The van der Waals surface area contributed by atoms with Gasteiger partial charge in [-0.1, -0.05) is 18.5 Å². The number of rotatable bonds is 6. The van der Waals surface area contributed by atoms with Crippen LogP contribution in [0.4, 0.5) is 5.69 Å². The van der Waals surface area contributed by atoms with Crippen LogP contribution in [0, 0.1) is 0 Å². The van der Waals surface area contributed by atoms with Crippen LogP contribution >= 0.6 is 11.6 Å². The largest absolute Gasteiger partial charge is 0.352 e. The Morgan fingerprint density at radius 3 is 2.19 bits per heavy atom. The molecule has 0 spiro atoms. The highest BCUT2D eigenvalue weighted by Gasteiger charge is 2.31. The molecule has 118 valence electrons. The zero-order valence-electron chi connectivity index (χ0n) is 12.6. The molecule has 1 aromatic carbocycles. The molecule has 1 amide bonds. The lowest BCUT2D eigenvalue weighted by Crippen LogP contribution is -2.50. The van der Waals surface area contributed by atoms with E-state index in [1.54, 1.807) is 31.2 Å². The summed E-state index contributed by atoms with van der Waals surface area (Å²) < 4.78 is 25.4. The summed E-state index contributed by atoms with van der Waals surface area (Å²) in [4.78, 5) is 12.3. The van der Waals surface area contributed by atoms with Gasteiger partial charge in [-0.3, -0.25) is 9.10 Å². The third kappa shape index (κ3) is 4.89. The van der Waals surface area contributed by atoms with Crippen molar-refractivity contribution in [2.45, 2.75) is 39.3 Å². The molecular weight excluding hydrogens is 312 g/mol. The number of nitrogens with zero attached hydrogens (tertiary/aromatic N) is 1. The van der Waals surface area contributed by atoms with Crippen molar-refractivity contribution < 1.29 is 13.2 Å². The SMILES string of the molecule is CC[C@H](C(=O)NC(C)C)N(c1ccc(Cl)cc1)S(C)(=O)=O. The summed E-state index contributed by atoms with van der Waals surface area (Å²) in [6.45, 7) is 5.44. The summed E-state index contributed by atoms with van der Waals surface area (Å²) in [7, 11) is -3.59. The lowest BCUT2D eigenvalue weighted by atomic mass is 10.2. The van der Waals surface area contributed by atoms with Crippen molar-refractivity contribution in [2.24, 2.45) is 0 Å². The Bertz CT molecular complexity index is 585. The van der Waals surface area contributed by atoms with Crippen LogP contribution in [0.25, 0.3) is 0 Å². The second-order valence-corrected chi connectivity index (χ2v) is 7.42. The number of amides is 1. The van der Waals surface area contributed by atoms with Crippen LogP contribution in [-0.4, -0.2) is 32.7 Å². The molecule has 1 atom stereocenters. The molecule has 1 rings (SSSR count). The van der Waals surface area contributed by atoms with Gasteiger partial charge < -0.3 is 5.32 Å². The van der Waals surface area contributed by atoms with Gasteiger partial charge in [0.05, 0.1) is 11.9 Å². The fourth-order valence-electron chi connectivity index (χ4n) is 2.03. The van der Waals surface area contributed by atoms with E-state index in [-0.39, 0.29) is 11.9 Å². The molecule has 0 bridgehead atoms. The summed E-state index contributed by atoms with van der Waals surface area (Å²) in [6.07, 6.45) is 1.46. The molecule has 1 N–H and O–H groups in total. The second kappa shape index (κ2) is 7.13. The van der Waals surface area contributed by atoms with Crippen molar-refractivity contribution in [3.05, 3.63) is 29.3 Å². The van der Waals surface area contributed by atoms with E-state index in [1.165, 1.54) is 0 Å². The number of carbonyl (C=O) groups is 1. The predicted octanol–water partition coefficient (Wildman–Crippen LogP) is 2.41. The summed E-state index contributed by atoms with van der Waals surface area (Å²) in [5.74, 6) is -0.312. The monoisotopic (exact) mass is 332 g/mol. The molecule has 0 unspecified atom stereocenters. The van der Waals surface area contributed by atoms with Crippen LogP contribution < -0.4 is 9.62 Å². The molecule has 0 aliphatic carbocycles. The number of halogens is 1. The van der Waals surface area contributed by atoms with E-state index < -0.39 is 16.1 Å². The molecule has 0 saturated heterocycles. The lowest BCUT2D eigenvalue weighted by Gasteiger charge is -2.30. The molecular formula is C14H21ClN2O3S. The summed E-state index contributed by atoms with van der Waals surface area (Å²) in [5, 5.41) is 3.26. The van der Waals surface area contributed by atoms with Gasteiger partial charge in [0, 0.05) is 11.1 Å². The Kier molecular flexibility index (Phi) is 6.04. The minimum absolute atomic E-state index is 0.0572. The standard InChI is InChI=1S/C14H21ClN2O3S/c1-5-13(14(18)16-10(2)3)17(21(4,19)20)12-8-6-11(15)7-9-12/h6-10,13H,5H2,1-4H3,(H,16,18)/t13-/m1/s1. The quantitative estimate of drug-likeness (QED) is 0.870. The van der Waals surface area contributed by atoms with Gasteiger partial charge in [-0.2, -0.15) is 0 Å². The Morgan fingerprint density at radius 1 is 1.29 bits per heavy atom. The fraction of sp³-hybridized carbons (Fsp3) is 0.500. The maximum atomic E-state index is 12.3. The number of nitrogens with one attached hydrogen (secondary N) is 1. The maximum Gasteiger partial charge on any atom is 0.244 e. The molecule has 0 heterocycles. The van der Waals surface area contributed by atoms with E-state index in [2.05, 4.69) is 5.32 Å². The van der Waals surface area contributed by atoms with Gasteiger partial charge >= 0.3 is 0 Å². The molecule has 0 aromatic heterocycles. The smallest absolute Gasteiger partial charge is 0.244 e. The highest BCUT2D eigenvalue weighted by Crippen LogP contribution is 2.24. The fourth-order valence-corrected chi connectivity index (χ4v) is 3.37. The molecule has 1 aromatic rings. The Labute approximate surface area is 131 Å². The average Bonchev–Trinajstić information content (AvgIpc) is 2.34. The highest BCUT2D eigenvalue weighted by molar-refractivity contribution is 7.92. The molecule has 5 nitrogen and oxygen atoms in total. The van der Waals surface area contributed by atoms with Crippen LogP contribution in [0.3, 0.4) is 0 Å². The first kappa shape index (κ1) is 17.8. The highest BCUT2D eigenvalue weighted by atomic mass is 35.5. The van der Waals surface area contributed by atoms with Crippen LogP contribution in [-0.2, 0) is 14.8 Å². The zero-order valence-corrected chi connectivity index (χ0v) is 14.2. The zero-order chi connectivity index (χ0) is 16.2. The van der Waals surface area contributed by atoms with Crippen molar-refractivity contribution in [2.75, 3.05) is 10.6 Å². The summed E-state index contributed by atoms with van der Waals surface area (Å²) >= 11 is 5.83. The third-order valence-electron chi connectivity index (χ3n) is 2.84. The number of anilines is 1. The maximum absolute atomic E-state index is 12.3.